The van der Waals surface area contributed by atoms with Crippen LogP contribution in [-0.4, -0.2) is 17.4 Å². The summed E-state index contributed by atoms with van der Waals surface area (Å²) >= 11 is 0. The molecule has 1 amide bonds. The Kier molecular flexibility index (Phi) is 2.66. The van der Waals surface area contributed by atoms with E-state index in [1.54, 1.807) is 4.90 Å². The van der Waals surface area contributed by atoms with E-state index in [1.165, 1.54) is 12.1 Å². The topological polar surface area (TPSA) is 20.3 Å². The largest absolute Gasteiger partial charge is 0.338 e. The van der Waals surface area contributed by atoms with Crippen LogP contribution >= 0.6 is 0 Å². The molecule has 0 radical (unpaired) electrons. The van der Waals surface area contributed by atoms with E-state index in [0.717, 1.165) is 25.3 Å². The van der Waals surface area contributed by atoms with Crippen molar-refractivity contribution in [2.24, 2.45) is 0 Å². The van der Waals surface area contributed by atoms with Gasteiger partial charge in [0.25, 0.3) is 0 Å². The highest BCUT2D eigenvalue weighted by Crippen LogP contribution is 2.27. The van der Waals surface area contributed by atoms with Gasteiger partial charge in [0.1, 0.15) is 11.6 Å². The Morgan fingerprint density at radius 3 is 2.67 bits per heavy atom. The van der Waals surface area contributed by atoms with E-state index in [4.69, 9.17) is 0 Å². The van der Waals surface area contributed by atoms with Gasteiger partial charge in [-0.1, -0.05) is 6.07 Å². The van der Waals surface area contributed by atoms with Crippen LogP contribution in [0.15, 0.2) is 18.2 Å². The molecule has 0 spiro atoms. The summed E-state index contributed by atoms with van der Waals surface area (Å²) in [6.45, 7) is 0.222. The highest BCUT2D eigenvalue weighted by Gasteiger charge is 2.28. The number of nitrogens with zero attached hydrogens (tertiary/aromatic N) is 1. The predicted molar refractivity (Wildman–Crippen MR) is 51.0 cm³/mol. The Morgan fingerprint density at radius 1 is 1.40 bits per heavy atom. The first-order valence-corrected chi connectivity index (χ1v) is 4.85. The number of carbonyl (C=O) groups is 1. The third-order valence-electron chi connectivity index (χ3n) is 2.52. The average Bonchev–Trinajstić information content (AvgIpc) is 3.00. The minimum atomic E-state index is -0.597. The zero-order valence-electron chi connectivity index (χ0n) is 8.12. The summed E-state index contributed by atoms with van der Waals surface area (Å²) in [6, 6.07) is 3.66. The van der Waals surface area contributed by atoms with Crippen LogP contribution in [0.2, 0.25) is 0 Å². The smallest absolute Gasteiger partial charge is 0.210 e. The molecule has 0 atom stereocenters. The van der Waals surface area contributed by atoms with Crippen molar-refractivity contribution >= 4 is 6.41 Å². The van der Waals surface area contributed by atoms with Gasteiger partial charge in [-0.25, -0.2) is 8.78 Å². The van der Waals surface area contributed by atoms with Crippen LogP contribution in [-0.2, 0) is 11.3 Å². The zero-order chi connectivity index (χ0) is 10.8. The highest BCUT2D eigenvalue weighted by molar-refractivity contribution is 5.49. The summed E-state index contributed by atoms with van der Waals surface area (Å²) in [7, 11) is 0. The second-order valence-corrected chi connectivity index (χ2v) is 3.74. The molecule has 1 aromatic carbocycles. The summed E-state index contributed by atoms with van der Waals surface area (Å²) in [6.07, 6.45) is 2.67. The molecule has 4 heteroatoms. The van der Waals surface area contributed by atoms with Gasteiger partial charge in [-0.05, 0) is 18.9 Å². The normalized spacial score (nSPS) is 15.1. The van der Waals surface area contributed by atoms with E-state index in [-0.39, 0.29) is 12.6 Å². The van der Waals surface area contributed by atoms with Crippen LogP contribution in [0.3, 0.4) is 0 Å². The Morgan fingerprint density at radius 2 is 2.13 bits per heavy atom. The molecule has 1 fully saturated rings. The first-order chi connectivity index (χ1) is 7.20. The molecule has 2 rings (SSSR count). The predicted octanol–water partition coefficient (Wildman–Crippen LogP) is 2.09. The first-order valence-electron chi connectivity index (χ1n) is 4.85. The Balaban J connectivity index is 2.11. The number of amides is 1. The molecule has 0 N–H and O–H groups in total. The molecule has 1 aliphatic rings. The van der Waals surface area contributed by atoms with Gasteiger partial charge in [0, 0.05) is 24.2 Å². The molecule has 2 nitrogen and oxygen atoms in total. The van der Waals surface area contributed by atoms with E-state index in [2.05, 4.69) is 0 Å². The van der Waals surface area contributed by atoms with Gasteiger partial charge >= 0.3 is 0 Å². The van der Waals surface area contributed by atoms with E-state index >= 15 is 0 Å². The Hall–Kier alpha value is -1.45. The van der Waals surface area contributed by atoms with E-state index in [9.17, 15) is 13.6 Å². The standard InChI is InChI=1S/C11H11F2NO/c12-9-2-1-8(11(13)5-9)6-14(7-15)10-3-4-10/h1-2,5,7,10H,3-4,6H2. The van der Waals surface area contributed by atoms with Gasteiger partial charge in [0.05, 0.1) is 0 Å². The lowest BCUT2D eigenvalue weighted by atomic mass is 10.2. The lowest BCUT2D eigenvalue weighted by molar-refractivity contribution is -0.119. The fourth-order valence-corrected chi connectivity index (χ4v) is 1.51. The van der Waals surface area contributed by atoms with Crippen LogP contribution < -0.4 is 0 Å². The van der Waals surface area contributed by atoms with E-state index in [1.807, 2.05) is 0 Å². The molecule has 1 saturated carbocycles. The Bertz CT molecular complexity index is 377. The maximum absolute atomic E-state index is 13.2. The van der Waals surface area contributed by atoms with Gasteiger partial charge < -0.3 is 4.90 Å². The summed E-state index contributed by atoms with van der Waals surface area (Å²) in [5.74, 6) is -1.19. The van der Waals surface area contributed by atoms with Gasteiger partial charge in [-0.15, -0.1) is 0 Å². The van der Waals surface area contributed by atoms with Crippen molar-refractivity contribution in [1.82, 2.24) is 4.90 Å². The molecule has 0 aromatic heterocycles. The molecule has 0 aliphatic heterocycles. The third kappa shape index (κ3) is 2.32. The maximum atomic E-state index is 13.2. The number of carbonyl (C=O) groups excluding carboxylic acids is 1. The Labute approximate surface area is 86.5 Å². The molecule has 80 valence electrons. The lowest BCUT2D eigenvalue weighted by Crippen LogP contribution is -2.24. The SMILES string of the molecule is O=CN(Cc1ccc(F)cc1F)C1CC1. The summed E-state index contributed by atoms with van der Waals surface area (Å²) < 4.78 is 25.9. The van der Waals surface area contributed by atoms with Crippen molar-refractivity contribution in [1.29, 1.82) is 0 Å². The van der Waals surface area contributed by atoms with Gasteiger partial charge in [-0.2, -0.15) is 0 Å². The van der Waals surface area contributed by atoms with Crippen LogP contribution in [0.4, 0.5) is 8.78 Å². The molecule has 1 aliphatic carbocycles. The fourth-order valence-electron chi connectivity index (χ4n) is 1.51. The van der Waals surface area contributed by atoms with E-state index in [0.29, 0.717) is 5.56 Å². The number of rotatable bonds is 4. The molecule has 15 heavy (non-hydrogen) atoms. The van der Waals surface area contributed by atoms with Crippen molar-refractivity contribution in [3.05, 3.63) is 35.4 Å². The number of benzene rings is 1. The van der Waals surface area contributed by atoms with Crippen molar-refractivity contribution in [2.75, 3.05) is 0 Å². The number of hydrogen-bond donors (Lipinski definition) is 0. The van der Waals surface area contributed by atoms with Crippen molar-refractivity contribution < 1.29 is 13.6 Å². The van der Waals surface area contributed by atoms with Gasteiger partial charge in [0.15, 0.2) is 0 Å². The zero-order valence-corrected chi connectivity index (χ0v) is 8.12. The second-order valence-electron chi connectivity index (χ2n) is 3.74. The van der Waals surface area contributed by atoms with Gasteiger partial charge in [0.2, 0.25) is 6.41 Å². The molecule has 0 saturated heterocycles. The molecule has 0 bridgehead atoms. The molecular formula is C11H11F2NO. The first kappa shape index (κ1) is 10.1. The fraction of sp³-hybridized carbons (Fsp3) is 0.364. The minimum absolute atomic E-state index is 0.222. The van der Waals surface area contributed by atoms with Crippen molar-refractivity contribution in [3.63, 3.8) is 0 Å². The molecular weight excluding hydrogens is 200 g/mol. The van der Waals surface area contributed by atoms with Crippen LogP contribution in [0.5, 0.6) is 0 Å². The molecule has 0 unspecified atom stereocenters. The monoisotopic (exact) mass is 211 g/mol. The number of hydrogen-bond acceptors (Lipinski definition) is 1. The van der Waals surface area contributed by atoms with Gasteiger partial charge in [-0.3, -0.25) is 4.79 Å². The average molecular weight is 211 g/mol. The second kappa shape index (κ2) is 3.96. The third-order valence-corrected chi connectivity index (χ3v) is 2.52. The van der Waals surface area contributed by atoms with Crippen LogP contribution in [0, 0.1) is 11.6 Å². The lowest BCUT2D eigenvalue weighted by Gasteiger charge is -2.16. The maximum Gasteiger partial charge on any atom is 0.210 e. The summed E-state index contributed by atoms with van der Waals surface area (Å²) in [4.78, 5) is 12.3. The van der Waals surface area contributed by atoms with Crippen molar-refractivity contribution in [2.45, 2.75) is 25.4 Å². The van der Waals surface area contributed by atoms with Crippen molar-refractivity contribution in [3.8, 4) is 0 Å². The minimum Gasteiger partial charge on any atom is -0.338 e. The summed E-state index contributed by atoms with van der Waals surface area (Å²) in [5, 5.41) is 0. The quantitative estimate of drug-likeness (QED) is 0.698. The van der Waals surface area contributed by atoms with Crippen LogP contribution in [0.25, 0.3) is 0 Å². The number of halogens is 2. The molecule has 0 heterocycles. The summed E-state index contributed by atoms with van der Waals surface area (Å²) in [5.41, 5.74) is 0.357. The highest BCUT2D eigenvalue weighted by atomic mass is 19.1. The van der Waals surface area contributed by atoms with Crippen LogP contribution in [0.1, 0.15) is 18.4 Å². The van der Waals surface area contributed by atoms with E-state index < -0.39 is 11.6 Å². The molecule has 1 aromatic rings.